The smallest absolute Gasteiger partial charge is 0.369 e. The zero-order valence-corrected chi connectivity index (χ0v) is 11.2. The van der Waals surface area contributed by atoms with Crippen LogP contribution in [0.1, 0.15) is 17.7 Å². The Bertz CT molecular complexity index is 741. The highest BCUT2D eigenvalue weighted by Crippen LogP contribution is 2.38. The molecule has 2 aromatic heterocycles. The predicted octanol–water partition coefficient (Wildman–Crippen LogP) is 2.70. The van der Waals surface area contributed by atoms with Gasteiger partial charge in [-0.15, -0.1) is 0 Å². The second-order valence-electron chi connectivity index (χ2n) is 5.35. The molecule has 0 aromatic carbocycles. The molecule has 0 spiro atoms. The van der Waals surface area contributed by atoms with E-state index in [0.29, 0.717) is 24.1 Å². The van der Waals surface area contributed by atoms with Crippen molar-refractivity contribution in [3.05, 3.63) is 23.5 Å². The summed E-state index contributed by atoms with van der Waals surface area (Å²) >= 11 is 0. The van der Waals surface area contributed by atoms with Gasteiger partial charge in [-0.2, -0.15) is 13.2 Å². The van der Waals surface area contributed by atoms with Gasteiger partial charge in [-0.25, -0.2) is 4.98 Å². The number of nitrogens with zero attached hydrogens (tertiary/aromatic N) is 4. The summed E-state index contributed by atoms with van der Waals surface area (Å²) in [5.41, 5.74) is 1.64. The van der Waals surface area contributed by atoms with Crippen LogP contribution in [0.5, 0.6) is 0 Å². The van der Waals surface area contributed by atoms with Crippen LogP contribution < -0.4 is 4.90 Å². The number of fused-ring (bicyclic) bond motifs is 3. The molecule has 2 aliphatic rings. The predicted molar refractivity (Wildman–Crippen MR) is 74.0 cm³/mol. The molecule has 0 saturated carbocycles. The number of hydrogen-bond donors (Lipinski definition) is 0. The molecule has 4 rings (SSSR count). The molecule has 2 aromatic rings. The third kappa shape index (κ3) is 1.83. The molecule has 1 saturated heterocycles. The Labute approximate surface area is 118 Å². The van der Waals surface area contributed by atoms with Gasteiger partial charge in [0.2, 0.25) is 0 Å². The van der Waals surface area contributed by atoms with Crippen LogP contribution in [-0.2, 0) is 12.7 Å². The molecular formula is C14H13F3N4. The van der Waals surface area contributed by atoms with E-state index in [1.54, 1.807) is 6.21 Å². The standard InChI is InChI=1S/C14H13F3N4/c15-14(16,17)9-6-10-12(20-3-1-4-20)11-8-18-2-5-21(11)13(10)19-7-9/h6-8H,1-5H2. The number of aliphatic imine (C=N–C) groups is 1. The van der Waals surface area contributed by atoms with Crippen LogP contribution in [-0.4, -0.2) is 35.4 Å². The Hall–Kier alpha value is -2.05. The summed E-state index contributed by atoms with van der Waals surface area (Å²) in [6, 6.07) is 1.22. The Morgan fingerprint density at radius 1 is 1.14 bits per heavy atom. The molecule has 0 bridgehead atoms. The molecule has 7 heteroatoms. The normalized spacial score (nSPS) is 18.0. The van der Waals surface area contributed by atoms with Gasteiger partial charge < -0.3 is 9.47 Å². The van der Waals surface area contributed by atoms with Crippen LogP contribution >= 0.6 is 0 Å². The molecule has 1 fully saturated rings. The zero-order valence-electron chi connectivity index (χ0n) is 11.2. The largest absolute Gasteiger partial charge is 0.417 e. The Morgan fingerprint density at radius 2 is 1.95 bits per heavy atom. The van der Waals surface area contributed by atoms with Crippen molar-refractivity contribution in [3.8, 4) is 0 Å². The van der Waals surface area contributed by atoms with Crippen molar-refractivity contribution in [1.29, 1.82) is 0 Å². The summed E-state index contributed by atoms with van der Waals surface area (Å²) in [7, 11) is 0. The quantitative estimate of drug-likeness (QED) is 0.810. The molecule has 0 N–H and O–H groups in total. The number of rotatable bonds is 1. The molecule has 110 valence electrons. The van der Waals surface area contributed by atoms with Gasteiger partial charge in [-0.1, -0.05) is 0 Å². The number of alkyl halides is 3. The lowest BCUT2D eigenvalue weighted by molar-refractivity contribution is -0.137. The van der Waals surface area contributed by atoms with Gasteiger partial charge in [0, 0.05) is 37.4 Å². The summed E-state index contributed by atoms with van der Waals surface area (Å²) in [6.07, 6.45) is -0.632. The number of aromatic nitrogens is 2. The lowest BCUT2D eigenvalue weighted by Gasteiger charge is -2.33. The van der Waals surface area contributed by atoms with Crippen LogP contribution in [0.25, 0.3) is 11.0 Å². The second kappa shape index (κ2) is 4.22. The number of halogens is 3. The molecule has 0 aliphatic carbocycles. The SMILES string of the molecule is FC(F)(F)c1cnc2c(c1)c(N1CCC1)c1n2CCN=C1. The molecular weight excluding hydrogens is 281 g/mol. The van der Waals surface area contributed by atoms with Crippen LogP contribution in [0.15, 0.2) is 17.3 Å². The van der Waals surface area contributed by atoms with E-state index in [-0.39, 0.29) is 0 Å². The lowest BCUT2D eigenvalue weighted by Crippen LogP contribution is -2.37. The molecule has 0 radical (unpaired) electrons. The van der Waals surface area contributed by atoms with Gasteiger partial charge in [0.25, 0.3) is 0 Å². The summed E-state index contributed by atoms with van der Waals surface area (Å²) in [5.74, 6) is 0. The maximum absolute atomic E-state index is 12.9. The van der Waals surface area contributed by atoms with Crippen LogP contribution in [0.2, 0.25) is 0 Å². The third-order valence-electron chi connectivity index (χ3n) is 4.08. The topological polar surface area (TPSA) is 33.4 Å². The maximum atomic E-state index is 12.9. The average Bonchev–Trinajstić information content (AvgIpc) is 2.71. The van der Waals surface area contributed by atoms with Crippen molar-refractivity contribution < 1.29 is 13.2 Å². The molecule has 0 unspecified atom stereocenters. The van der Waals surface area contributed by atoms with E-state index in [4.69, 9.17) is 0 Å². The summed E-state index contributed by atoms with van der Waals surface area (Å²) in [6.45, 7) is 3.04. The van der Waals surface area contributed by atoms with Crippen LogP contribution in [0, 0.1) is 0 Å². The van der Waals surface area contributed by atoms with E-state index < -0.39 is 11.7 Å². The minimum Gasteiger partial charge on any atom is -0.369 e. The fourth-order valence-electron chi connectivity index (χ4n) is 2.92. The number of anilines is 1. The highest BCUT2D eigenvalue weighted by atomic mass is 19.4. The first-order chi connectivity index (χ1) is 10.1. The van der Waals surface area contributed by atoms with E-state index in [1.165, 1.54) is 6.07 Å². The lowest BCUT2D eigenvalue weighted by atomic mass is 10.1. The van der Waals surface area contributed by atoms with Gasteiger partial charge in [0.1, 0.15) is 5.65 Å². The first kappa shape index (κ1) is 12.7. The summed E-state index contributed by atoms with van der Waals surface area (Å²) < 4.78 is 40.8. The van der Waals surface area contributed by atoms with Crippen molar-refractivity contribution in [1.82, 2.24) is 9.55 Å². The minimum atomic E-state index is -4.37. The minimum absolute atomic E-state index is 0.577. The number of pyridine rings is 1. The van der Waals surface area contributed by atoms with Crippen molar-refractivity contribution in [2.45, 2.75) is 19.1 Å². The molecule has 4 nitrogen and oxygen atoms in total. The first-order valence-electron chi connectivity index (χ1n) is 6.90. The first-order valence-corrected chi connectivity index (χ1v) is 6.90. The van der Waals surface area contributed by atoms with Crippen molar-refractivity contribution in [3.63, 3.8) is 0 Å². The van der Waals surface area contributed by atoms with Gasteiger partial charge in [-0.05, 0) is 12.5 Å². The van der Waals surface area contributed by atoms with Crippen molar-refractivity contribution in [2.24, 2.45) is 4.99 Å². The molecule has 0 atom stereocenters. The highest BCUT2D eigenvalue weighted by Gasteiger charge is 2.33. The zero-order chi connectivity index (χ0) is 14.6. The molecule has 2 aliphatic heterocycles. The Morgan fingerprint density at radius 3 is 2.62 bits per heavy atom. The molecule has 0 amide bonds. The van der Waals surface area contributed by atoms with Crippen molar-refractivity contribution in [2.75, 3.05) is 24.5 Å². The maximum Gasteiger partial charge on any atom is 0.417 e. The summed E-state index contributed by atoms with van der Waals surface area (Å²) in [5, 5.41) is 0.577. The van der Waals surface area contributed by atoms with Crippen LogP contribution in [0.3, 0.4) is 0 Å². The monoisotopic (exact) mass is 294 g/mol. The third-order valence-corrected chi connectivity index (χ3v) is 4.08. The van der Waals surface area contributed by atoms with E-state index in [1.807, 2.05) is 4.57 Å². The second-order valence-corrected chi connectivity index (χ2v) is 5.35. The molecule has 21 heavy (non-hydrogen) atoms. The van der Waals surface area contributed by atoms with Gasteiger partial charge >= 0.3 is 6.18 Å². The molecule has 4 heterocycles. The van der Waals surface area contributed by atoms with Gasteiger partial charge in [0.15, 0.2) is 0 Å². The van der Waals surface area contributed by atoms with Crippen LogP contribution in [0.4, 0.5) is 18.9 Å². The van der Waals surface area contributed by atoms with Crippen molar-refractivity contribution >= 4 is 22.9 Å². The fraction of sp³-hybridized carbons (Fsp3) is 0.429. The highest BCUT2D eigenvalue weighted by molar-refractivity contribution is 6.03. The van der Waals surface area contributed by atoms with E-state index in [2.05, 4.69) is 14.9 Å². The average molecular weight is 294 g/mol. The number of hydrogen-bond acceptors (Lipinski definition) is 3. The summed E-state index contributed by atoms with van der Waals surface area (Å²) in [4.78, 5) is 10.4. The fourth-order valence-corrected chi connectivity index (χ4v) is 2.92. The van der Waals surface area contributed by atoms with E-state index in [9.17, 15) is 13.2 Å². The van der Waals surface area contributed by atoms with Gasteiger partial charge in [-0.3, -0.25) is 4.99 Å². The van der Waals surface area contributed by atoms with E-state index >= 15 is 0 Å². The Balaban J connectivity index is 2.00. The van der Waals surface area contributed by atoms with E-state index in [0.717, 1.165) is 37.1 Å². The Kier molecular flexibility index (Phi) is 2.55. The van der Waals surface area contributed by atoms with Gasteiger partial charge in [0.05, 0.1) is 23.5 Å².